The summed E-state index contributed by atoms with van der Waals surface area (Å²) in [6, 6.07) is 10.7. The molecule has 1 aliphatic rings. The van der Waals surface area contributed by atoms with Gasteiger partial charge in [-0.15, -0.1) is 0 Å². The highest BCUT2D eigenvalue weighted by atomic mass is 15.2. The van der Waals surface area contributed by atoms with Gasteiger partial charge in [0.15, 0.2) is 0 Å². The van der Waals surface area contributed by atoms with E-state index in [1.54, 1.807) is 0 Å². The Labute approximate surface area is 120 Å². The number of hydrogen-bond donors (Lipinski definition) is 2. The molecule has 20 heavy (non-hydrogen) atoms. The highest BCUT2D eigenvalue weighted by molar-refractivity contribution is 5.83. The smallest absolute Gasteiger partial charge is 0.126 e. The molecule has 3 rings (SSSR count). The van der Waals surface area contributed by atoms with Gasteiger partial charge in [-0.1, -0.05) is 6.92 Å². The Morgan fingerprint density at radius 3 is 2.90 bits per heavy atom. The first-order chi connectivity index (χ1) is 9.76. The molecule has 1 aliphatic carbocycles. The average Bonchev–Trinajstić information content (AvgIpc) is 3.28. The first-order valence-electron chi connectivity index (χ1n) is 7.40. The minimum Gasteiger partial charge on any atom is -0.399 e. The van der Waals surface area contributed by atoms with Crippen LogP contribution in [0.15, 0.2) is 30.3 Å². The van der Waals surface area contributed by atoms with E-state index in [1.165, 1.54) is 12.8 Å². The lowest BCUT2D eigenvalue weighted by Crippen LogP contribution is -2.31. The van der Waals surface area contributed by atoms with E-state index in [0.29, 0.717) is 0 Å². The Balaban J connectivity index is 1.61. The zero-order chi connectivity index (χ0) is 13.9. The Bertz CT molecular complexity index is 592. The maximum absolute atomic E-state index is 5.78. The van der Waals surface area contributed by atoms with E-state index in [4.69, 9.17) is 5.73 Å². The van der Waals surface area contributed by atoms with E-state index >= 15 is 0 Å². The second-order valence-corrected chi connectivity index (χ2v) is 5.44. The maximum Gasteiger partial charge on any atom is 0.126 e. The van der Waals surface area contributed by atoms with E-state index < -0.39 is 0 Å². The molecule has 0 radical (unpaired) electrons. The number of aromatic nitrogens is 1. The van der Waals surface area contributed by atoms with Gasteiger partial charge < -0.3 is 11.1 Å². The molecule has 0 aliphatic heterocycles. The van der Waals surface area contributed by atoms with Gasteiger partial charge in [0, 0.05) is 30.2 Å². The first kappa shape index (κ1) is 13.2. The molecule has 2 aromatic rings. The Morgan fingerprint density at radius 2 is 2.15 bits per heavy atom. The number of fused-ring (bicyclic) bond motifs is 1. The quantitative estimate of drug-likeness (QED) is 0.792. The van der Waals surface area contributed by atoms with Gasteiger partial charge in [-0.3, -0.25) is 4.90 Å². The summed E-state index contributed by atoms with van der Waals surface area (Å²) in [5, 5.41) is 4.50. The van der Waals surface area contributed by atoms with E-state index in [9.17, 15) is 0 Å². The molecule has 0 saturated heterocycles. The molecule has 0 unspecified atom stereocenters. The van der Waals surface area contributed by atoms with Crippen molar-refractivity contribution in [1.82, 2.24) is 9.88 Å². The molecule has 1 saturated carbocycles. The summed E-state index contributed by atoms with van der Waals surface area (Å²) in [6.07, 6.45) is 2.73. The van der Waals surface area contributed by atoms with Crippen LogP contribution in [-0.2, 0) is 0 Å². The maximum atomic E-state index is 5.78. The van der Waals surface area contributed by atoms with Crippen LogP contribution in [0.25, 0.3) is 10.9 Å². The Hall–Kier alpha value is -1.81. The Morgan fingerprint density at radius 1 is 1.30 bits per heavy atom. The largest absolute Gasteiger partial charge is 0.399 e. The third-order valence-electron chi connectivity index (χ3n) is 3.89. The van der Waals surface area contributed by atoms with Gasteiger partial charge in [0.25, 0.3) is 0 Å². The predicted molar refractivity (Wildman–Crippen MR) is 84.9 cm³/mol. The molecule has 1 aromatic heterocycles. The number of anilines is 2. The predicted octanol–water partition coefficient (Wildman–Crippen LogP) is 2.71. The van der Waals surface area contributed by atoms with Gasteiger partial charge in [0.05, 0.1) is 5.52 Å². The minimum atomic E-state index is 0.781. The van der Waals surface area contributed by atoms with Crippen LogP contribution in [-0.4, -0.2) is 35.6 Å². The number of nitrogens with two attached hydrogens (primary N) is 1. The van der Waals surface area contributed by atoms with E-state index in [-0.39, 0.29) is 0 Å². The van der Waals surface area contributed by atoms with Crippen molar-refractivity contribution in [3.63, 3.8) is 0 Å². The molecule has 4 heteroatoms. The zero-order valence-corrected chi connectivity index (χ0v) is 12.0. The molecule has 1 fully saturated rings. The number of nitrogens with one attached hydrogen (secondary N) is 1. The molecule has 0 bridgehead atoms. The molecule has 106 valence electrons. The molecule has 1 heterocycles. The number of rotatable bonds is 6. The van der Waals surface area contributed by atoms with Crippen molar-refractivity contribution in [2.45, 2.75) is 25.8 Å². The molecule has 0 spiro atoms. The standard InChI is InChI=1S/C16H22N4/c1-2-20(14-5-6-14)10-9-18-16-8-3-12-11-13(17)4-7-15(12)19-16/h3-4,7-8,11,14H,2,5-6,9-10,17H2,1H3,(H,18,19). The molecule has 0 atom stereocenters. The summed E-state index contributed by atoms with van der Waals surface area (Å²) in [7, 11) is 0. The molecular formula is C16H22N4. The van der Waals surface area contributed by atoms with Crippen molar-refractivity contribution in [2.24, 2.45) is 0 Å². The van der Waals surface area contributed by atoms with E-state index in [1.807, 2.05) is 24.3 Å². The number of benzene rings is 1. The first-order valence-corrected chi connectivity index (χ1v) is 7.40. The molecule has 1 aromatic carbocycles. The number of pyridine rings is 1. The van der Waals surface area contributed by atoms with Crippen LogP contribution in [0.4, 0.5) is 11.5 Å². The SMILES string of the molecule is CCN(CCNc1ccc2cc(N)ccc2n1)C1CC1. The fraction of sp³-hybridized carbons (Fsp3) is 0.438. The minimum absolute atomic E-state index is 0.781. The van der Waals surface area contributed by atoms with Crippen molar-refractivity contribution in [3.05, 3.63) is 30.3 Å². The van der Waals surface area contributed by atoms with Crippen LogP contribution in [0.1, 0.15) is 19.8 Å². The lowest BCUT2D eigenvalue weighted by molar-refractivity contribution is 0.289. The summed E-state index contributed by atoms with van der Waals surface area (Å²) in [5.41, 5.74) is 7.54. The highest BCUT2D eigenvalue weighted by Crippen LogP contribution is 2.26. The van der Waals surface area contributed by atoms with Crippen molar-refractivity contribution in [1.29, 1.82) is 0 Å². The summed E-state index contributed by atoms with van der Waals surface area (Å²) < 4.78 is 0. The summed E-state index contributed by atoms with van der Waals surface area (Å²) in [5.74, 6) is 0.939. The van der Waals surface area contributed by atoms with Crippen molar-refractivity contribution in [2.75, 3.05) is 30.7 Å². The van der Waals surface area contributed by atoms with Gasteiger partial charge in [-0.05, 0) is 49.7 Å². The topological polar surface area (TPSA) is 54.2 Å². The van der Waals surface area contributed by atoms with Gasteiger partial charge >= 0.3 is 0 Å². The van der Waals surface area contributed by atoms with Crippen LogP contribution in [0, 0.1) is 0 Å². The van der Waals surface area contributed by atoms with Crippen molar-refractivity contribution < 1.29 is 0 Å². The average molecular weight is 270 g/mol. The van der Waals surface area contributed by atoms with Gasteiger partial charge in [0.1, 0.15) is 5.82 Å². The van der Waals surface area contributed by atoms with E-state index in [2.05, 4.69) is 28.2 Å². The summed E-state index contributed by atoms with van der Waals surface area (Å²) in [4.78, 5) is 7.15. The van der Waals surface area contributed by atoms with Crippen LogP contribution >= 0.6 is 0 Å². The molecule has 3 N–H and O–H groups in total. The van der Waals surface area contributed by atoms with E-state index in [0.717, 1.165) is 48.1 Å². The van der Waals surface area contributed by atoms with Crippen LogP contribution in [0.3, 0.4) is 0 Å². The highest BCUT2D eigenvalue weighted by Gasteiger charge is 2.27. The third kappa shape index (κ3) is 3.02. The second-order valence-electron chi connectivity index (χ2n) is 5.44. The lowest BCUT2D eigenvalue weighted by Gasteiger charge is -2.19. The van der Waals surface area contributed by atoms with Gasteiger partial charge in [0.2, 0.25) is 0 Å². The summed E-state index contributed by atoms with van der Waals surface area (Å²) in [6.45, 7) is 5.40. The second kappa shape index (κ2) is 5.67. The zero-order valence-electron chi connectivity index (χ0n) is 12.0. The van der Waals surface area contributed by atoms with Gasteiger partial charge in [-0.25, -0.2) is 4.98 Å². The lowest BCUT2D eigenvalue weighted by atomic mass is 10.2. The molecule has 0 amide bonds. The number of nitrogen functional groups attached to an aromatic ring is 1. The van der Waals surface area contributed by atoms with Crippen LogP contribution in [0.2, 0.25) is 0 Å². The van der Waals surface area contributed by atoms with Gasteiger partial charge in [-0.2, -0.15) is 0 Å². The van der Waals surface area contributed by atoms with Crippen molar-refractivity contribution >= 4 is 22.4 Å². The molecule has 4 nitrogen and oxygen atoms in total. The van der Waals surface area contributed by atoms with Crippen LogP contribution < -0.4 is 11.1 Å². The van der Waals surface area contributed by atoms with Crippen molar-refractivity contribution in [3.8, 4) is 0 Å². The number of nitrogens with zero attached hydrogens (tertiary/aromatic N) is 2. The fourth-order valence-electron chi connectivity index (χ4n) is 2.61. The number of likely N-dealkylation sites (N-methyl/N-ethyl adjacent to an activating group) is 1. The monoisotopic (exact) mass is 270 g/mol. The van der Waals surface area contributed by atoms with Crippen LogP contribution in [0.5, 0.6) is 0 Å². The fourth-order valence-corrected chi connectivity index (χ4v) is 2.61. The normalized spacial score (nSPS) is 14.9. The molecular weight excluding hydrogens is 248 g/mol. The Kier molecular flexibility index (Phi) is 3.74. The number of hydrogen-bond acceptors (Lipinski definition) is 4. The summed E-state index contributed by atoms with van der Waals surface area (Å²) >= 11 is 0. The third-order valence-corrected chi connectivity index (χ3v) is 3.89.